The predicted molar refractivity (Wildman–Crippen MR) is 53.9 cm³/mol. The van der Waals surface area contributed by atoms with E-state index in [0.29, 0.717) is 6.54 Å². The molecule has 0 rings (SSSR count). The zero-order chi connectivity index (χ0) is 11.2. The Kier molecular flexibility index (Phi) is 5.66. The number of hydrogen-bond donors (Lipinski definition) is 2. The van der Waals surface area contributed by atoms with Gasteiger partial charge in [-0.3, -0.25) is 4.79 Å². The number of carbonyl (C=O) groups is 1. The van der Waals surface area contributed by atoms with Crippen LogP contribution in [0.1, 0.15) is 13.3 Å². The van der Waals surface area contributed by atoms with Gasteiger partial charge in [0.25, 0.3) is 10.2 Å². The molecule has 0 saturated carbocycles. The first-order chi connectivity index (χ1) is 6.40. The van der Waals surface area contributed by atoms with Gasteiger partial charge in [0.05, 0.1) is 6.54 Å². The summed E-state index contributed by atoms with van der Waals surface area (Å²) in [5.74, 6) is -0.322. The second-order valence-electron chi connectivity index (χ2n) is 2.96. The van der Waals surface area contributed by atoms with Gasteiger partial charge in [0.15, 0.2) is 0 Å². The van der Waals surface area contributed by atoms with Crippen molar-refractivity contribution < 1.29 is 13.2 Å². The molecule has 0 radical (unpaired) electrons. The molecule has 0 spiro atoms. The lowest BCUT2D eigenvalue weighted by Gasteiger charge is -2.11. The van der Waals surface area contributed by atoms with Gasteiger partial charge in [0.2, 0.25) is 5.91 Å². The Balaban J connectivity index is 3.89. The van der Waals surface area contributed by atoms with Crippen LogP contribution in [0.3, 0.4) is 0 Å². The molecule has 6 nitrogen and oxygen atoms in total. The van der Waals surface area contributed by atoms with Crippen molar-refractivity contribution in [3.8, 4) is 0 Å². The number of carbonyl (C=O) groups excluding carboxylic acids is 1. The molecule has 0 aliphatic heterocycles. The van der Waals surface area contributed by atoms with E-state index in [9.17, 15) is 13.2 Å². The zero-order valence-corrected chi connectivity index (χ0v) is 9.52. The summed E-state index contributed by atoms with van der Waals surface area (Å²) in [6, 6.07) is 0. The fourth-order valence-corrected chi connectivity index (χ4v) is 1.18. The van der Waals surface area contributed by atoms with E-state index < -0.39 is 10.2 Å². The minimum atomic E-state index is -3.50. The summed E-state index contributed by atoms with van der Waals surface area (Å²) in [4.78, 5) is 11.0. The monoisotopic (exact) mass is 223 g/mol. The molecule has 7 heteroatoms. The summed E-state index contributed by atoms with van der Waals surface area (Å²) >= 11 is 0. The number of amides is 1. The summed E-state index contributed by atoms with van der Waals surface area (Å²) < 4.78 is 25.5. The molecule has 0 aliphatic rings. The van der Waals surface area contributed by atoms with Crippen molar-refractivity contribution in [1.82, 2.24) is 14.3 Å². The summed E-state index contributed by atoms with van der Waals surface area (Å²) in [5, 5.41) is 2.56. The van der Waals surface area contributed by atoms with Crippen molar-refractivity contribution >= 4 is 16.1 Å². The molecule has 0 unspecified atom stereocenters. The maximum atomic E-state index is 11.1. The molecule has 0 aliphatic carbocycles. The maximum absolute atomic E-state index is 11.1. The molecule has 1 amide bonds. The molecule has 0 fully saturated rings. The van der Waals surface area contributed by atoms with Crippen molar-refractivity contribution in [3.63, 3.8) is 0 Å². The quantitative estimate of drug-likeness (QED) is 0.600. The van der Waals surface area contributed by atoms with Gasteiger partial charge in [-0.05, 0) is 6.42 Å². The van der Waals surface area contributed by atoms with Gasteiger partial charge in [-0.1, -0.05) is 6.92 Å². The third-order valence-corrected chi connectivity index (χ3v) is 2.94. The van der Waals surface area contributed by atoms with Crippen LogP contribution in [0.15, 0.2) is 0 Å². The van der Waals surface area contributed by atoms with Gasteiger partial charge in [0.1, 0.15) is 0 Å². The van der Waals surface area contributed by atoms with Crippen LogP contribution in [0.25, 0.3) is 0 Å². The number of nitrogens with one attached hydrogen (secondary N) is 2. The summed E-state index contributed by atoms with van der Waals surface area (Å²) in [7, 11) is -0.706. The lowest BCUT2D eigenvalue weighted by atomic mass is 10.5. The van der Waals surface area contributed by atoms with Crippen LogP contribution in [0.2, 0.25) is 0 Å². The first kappa shape index (κ1) is 13.3. The van der Waals surface area contributed by atoms with Gasteiger partial charge in [-0.2, -0.15) is 17.4 Å². The fraction of sp³-hybridized carbons (Fsp3) is 0.857. The second kappa shape index (κ2) is 5.94. The SMILES string of the molecule is CCCNC(=O)CNS(=O)(=O)N(C)C. The molecule has 14 heavy (non-hydrogen) atoms. The van der Waals surface area contributed by atoms with Crippen LogP contribution in [0.5, 0.6) is 0 Å². The second-order valence-corrected chi connectivity index (χ2v) is 4.93. The molecule has 0 aromatic carbocycles. The Labute approximate surface area is 84.8 Å². The van der Waals surface area contributed by atoms with Crippen molar-refractivity contribution in [2.45, 2.75) is 13.3 Å². The van der Waals surface area contributed by atoms with E-state index in [2.05, 4.69) is 10.0 Å². The topological polar surface area (TPSA) is 78.5 Å². The third kappa shape index (κ3) is 5.15. The number of rotatable bonds is 6. The van der Waals surface area contributed by atoms with Gasteiger partial charge in [0, 0.05) is 20.6 Å². The van der Waals surface area contributed by atoms with Gasteiger partial charge in [-0.15, -0.1) is 0 Å². The van der Waals surface area contributed by atoms with Crippen LogP contribution in [-0.2, 0) is 15.0 Å². The Morgan fingerprint density at radius 1 is 1.36 bits per heavy atom. The Bertz CT molecular complexity index is 274. The largest absolute Gasteiger partial charge is 0.355 e. The Hall–Kier alpha value is -0.660. The molecule has 2 N–H and O–H groups in total. The standard InChI is InChI=1S/C7H17N3O3S/c1-4-5-8-7(11)6-9-14(12,13)10(2)3/h9H,4-6H2,1-3H3,(H,8,11). The molecule has 0 bridgehead atoms. The first-order valence-electron chi connectivity index (χ1n) is 4.34. The number of hydrogen-bond acceptors (Lipinski definition) is 3. The van der Waals surface area contributed by atoms with E-state index in [-0.39, 0.29) is 12.5 Å². The molecule has 0 saturated heterocycles. The highest BCUT2D eigenvalue weighted by molar-refractivity contribution is 7.87. The zero-order valence-electron chi connectivity index (χ0n) is 8.70. The maximum Gasteiger partial charge on any atom is 0.279 e. The van der Waals surface area contributed by atoms with E-state index in [4.69, 9.17) is 0 Å². The average Bonchev–Trinajstić information content (AvgIpc) is 2.11. The lowest BCUT2D eigenvalue weighted by molar-refractivity contribution is -0.119. The molecule has 0 aromatic heterocycles. The van der Waals surface area contributed by atoms with E-state index in [0.717, 1.165) is 10.7 Å². The highest BCUT2D eigenvalue weighted by Crippen LogP contribution is 1.86. The van der Waals surface area contributed by atoms with Crippen molar-refractivity contribution in [1.29, 1.82) is 0 Å². The van der Waals surface area contributed by atoms with Crippen molar-refractivity contribution in [2.75, 3.05) is 27.2 Å². The fourth-order valence-electron chi connectivity index (χ4n) is 0.613. The van der Waals surface area contributed by atoms with Crippen LogP contribution in [0.4, 0.5) is 0 Å². The lowest BCUT2D eigenvalue weighted by Crippen LogP contribution is -2.42. The minimum Gasteiger partial charge on any atom is -0.355 e. The highest BCUT2D eigenvalue weighted by Gasteiger charge is 2.13. The predicted octanol–water partition coefficient (Wildman–Crippen LogP) is -1.09. The Morgan fingerprint density at radius 2 is 1.93 bits per heavy atom. The molecule has 0 heterocycles. The normalized spacial score (nSPS) is 11.7. The molecular formula is C7H17N3O3S. The van der Waals surface area contributed by atoms with Crippen molar-refractivity contribution in [3.05, 3.63) is 0 Å². The molecule has 0 atom stereocenters. The van der Waals surface area contributed by atoms with Gasteiger partial charge < -0.3 is 5.32 Å². The van der Waals surface area contributed by atoms with E-state index in [1.807, 2.05) is 6.92 Å². The smallest absolute Gasteiger partial charge is 0.279 e. The summed E-state index contributed by atoms with van der Waals surface area (Å²) in [6.45, 7) is 2.26. The average molecular weight is 223 g/mol. The minimum absolute atomic E-state index is 0.222. The van der Waals surface area contributed by atoms with E-state index >= 15 is 0 Å². The first-order valence-corrected chi connectivity index (χ1v) is 5.78. The molecule has 0 aromatic rings. The van der Waals surface area contributed by atoms with Crippen LogP contribution >= 0.6 is 0 Å². The molecular weight excluding hydrogens is 206 g/mol. The van der Waals surface area contributed by atoms with E-state index in [1.165, 1.54) is 14.1 Å². The van der Waals surface area contributed by atoms with Gasteiger partial charge >= 0.3 is 0 Å². The van der Waals surface area contributed by atoms with Gasteiger partial charge in [-0.25, -0.2) is 0 Å². The van der Waals surface area contributed by atoms with Crippen LogP contribution in [0, 0.1) is 0 Å². The summed E-state index contributed by atoms with van der Waals surface area (Å²) in [6.07, 6.45) is 0.826. The summed E-state index contributed by atoms with van der Waals surface area (Å²) in [5.41, 5.74) is 0. The van der Waals surface area contributed by atoms with E-state index in [1.54, 1.807) is 0 Å². The number of nitrogens with zero attached hydrogens (tertiary/aromatic N) is 1. The van der Waals surface area contributed by atoms with Crippen molar-refractivity contribution in [2.24, 2.45) is 0 Å². The molecule has 84 valence electrons. The van der Waals surface area contributed by atoms with Crippen LogP contribution in [-0.4, -0.2) is 45.8 Å². The third-order valence-electron chi connectivity index (χ3n) is 1.47. The highest BCUT2D eigenvalue weighted by atomic mass is 32.2. The van der Waals surface area contributed by atoms with Crippen LogP contribution < -0.4 is 10.0 Å². The Morgan fingerprint density at radius 3 is 2.36 bits per heavy atom.